The van der Waals surface area contributed by atoms with E-state index < -0.39 is 5.97 Å². The largest absolute Gasteiger partial charge is 0.478 e. The van der Waals surface area contributed by atoms with E-state index in [0.29, 0.717) is 25.3 Å². The van der Waals surface area contributed by atoms with Gasteiger partial charge in [0.05, 0.1) is 36.9 Å². The molecule has 1 aromatic carbocycles. The summed E-state index contributed by atoms with van der Waals surface area (Å²) in [6.07, 6.45) is 0.163. The standard InChI is InChI=1S/C19H23N3O4/c1-12-18(13(2)21(3)20-12)16-11-26-8-7-22(16)17(23)10-14-5-4-6-15(9-14)19(24)25/h4-6,9,16H,7-8,10-11H2,1-3H3,(H,24,25). The lowest BCUT2D eigenvalue weighted by Crippen LogP contribution is -2.44. The normalized spacial score (nSPS) is 17.3. The molecule has 1 saturated heterocycles. The number of carbonyl (C=O) groups is 2. The quantitative estimate of drug-likeness (QED) is 0.903. The topological polar surface area (TPSA) is 84.7 Å². The number of morpholine rings is 1. The number of amides is 1. The van der Waals surface area contributed by atoms with Crippen LogP contribution in [-0.2, 0) is 23.0 Å². The van der Waals surface area contributed by atoms with E-state index in [1.54, 1.807) is 18.2 Å². The van der Waals surface area contributed by atoms with Gasteiger partial charge in [-0.25, -0.2) is 4.79 Å². The molecule has 0 spiro atoms. The molecule has 1 aromatic heterocycles. The second-order valence-electron chi connectivity index (χ2n) is 6.57. The molecule has 0 bridgehead atoms. The Morgan fingerprint density at radius 1 is 1.35 bits per heavy atom. The summed E-state index contributed by atoms with van der Waals surface area (Å²) >= 11 is 0. The lowest BCUT2D eigenvalue weighted by Gasteiger charge is -2.36. The van der Waals surface area contributed by atoms with Crippen LogP contribution >= 0.6 is 0 Å². The van der Waals surface area contributed by atoms with Crippen molar-refractivity contribution in [3.8, 4) is 0 Å². The molecule has 1 atom stereocenters. The number of ether oxygens (including phenoxy) is 1. The van der Waals surface area contributed by atoms with Crippen molar-refractivity contribution in [2.45, 2.75) is 26.3 Å². The third kappa shape index (κ3) is 3.48. The van der Waals surface area contributed by atoms with Gasteiger partial charge in [0, 0.05) is 24.8 Å². The number of carboxylic acid groups (broad SMARTS) is 1. The van der Waals surface area contributed by atoms with Gasteiger partial charge in [-0.3, -0.25) is 9.48 Å². The third-order valence-electron chi connectivity index (χ3n) is 4.88. The van der Waals surface area contributed by atoms with Crippen molar-refractivity contribution in [1.82, 2.24) is 14.7 Å². The van der Waals surface area contributed by atoms with Crippen LogP contribution in [-0.4, -0.2) is 51.4 Å². The fraction of sp³-hybridized carbons (Fsp3) is 0.421. The lowest BCUT2D eigenvalue weighted by molar-refractivity contribution is -0.139. The number of rotatable bonds is 4. The molecule has 1 unspecified atom stereocenters. The number of carbonyl (C=O) groups excluding carboxylic acids is 1. The van der Waals surface area contributed by atoms with Gasteiger partial charge >= 0.3 is 5.97 Å². The van der Waals surface area contributed by atoms with Crippen LogP contribution in [0, 0.1) is 13.8 Å². The van der Waals surface area contributed by atoms with Crippen LogP contribution in [0.1, 0.15) is 38.9 Å². The number of aromatic nitrogens is 2. The highest BCUT2D eigenvalue weighted by atomic mass is 16.5. The zero-order valence-corrected chi connectivity index (χ0v) is 15.2. The first kappa shape index (κ1) is 18.1. The number of hydrogen-bond acceptors (Lipinski definition) is 4. The summed E-state index contributed by atoms with van der Waals surface area (Å²) < 4.78 is 7.45. The Hall–Kier alpha value is -2.67. The number of nitrogens with zero attached hydrogens (tertiary/aromatic N) is 3. The first-order valence-electron chi connectivity index (χ1n) is 8.58. The predicted molar refractivity (Wildman–Crippen MR) is 95.1 cm³/mol. The van der Waals surface area contributed by atoms with E-state index in [0.717, 1.165) is 17.0 Å². The average Bonchev–Trinajstić information content (AvgIpc) is 2.87. The number of aromatic carboxylic acids is 1. The van der Waals surface area contributed by atoms with E-state index in [9.17, 15) is 9.59 Å². The summed E-state index contributed by atoms with van der Waals surface area (Å²) in [7, 11) is 1.89. The third-order valence-corrected chi connectivity index (χ3v) is 4.88. The molecule has 0 radical (unpaired) electrons. The Morgan fingerprint density at radius 2 is 2.12 bits per heavy atom. The first-order chi connectivity index (χ1) is 12.4. The maximum Gasteiger partial charge on any atom is 0.335 e. The number of benzene rings is 1. The Labute approximate surface area is 152 Å². The fourth-order valence-electron chi connectivity index (χ4n) is 3.50. The van der Waals surface area contributed by atoms with Crippen LogP contribution in [0.4, 0.5) is 0 Å². The van der Waals surface area contributed by atoms with E-state index in [2.05, 4.69) is 5.10 Å². The van der Waals surface area contributed by atoms with Crippen LogP contribution in [0.15, 0.2) is 24.3 Å². The fourth-order valence-corrected chi connectivity index (χ4v) is 3.50. The molecule has 138 valence electrons. The summed E-state index contributed by atoms with van der Waals surface area (Å²) in [6, 6.07) is 6.35. The highest BCUT2D eigenvalue weighted by molar-refractivity contribution is 5.88. The number of carboxylic acids is 1. The molecular weight excluding hydrogens is 334 g/mol. The summed E-state index contributed by atoms with van der Waals surface area (Å²) in [5.41, 5.74) is 3.82. The molecular formula is C19H23N3O4. The van der Waals surface area contributed by atoms with Gasteiger partial charge in [0.1, 0.15) is 0 Å². The molecule has 26 heavy (non-hydrogen) atoms. The summed E-state index contributed by atoms with van der Waals surface area (Å²) in [6.45, 7) is 5.37. The van der Waals surface area contributed by atoms with E-state index >= 15 is 0 Å². The summed E-state index contributed by atoms with van der Waals surface area (Å²) in [4.78, 5) is 25.9. The molecule has 1 aliphatic rings. The smallest absolute Gasteiger partial charge is 0.335 e. The van der Waals surface area contributed by atoms with Crippen molar-refractivity contribution >= 4 is 11.9 Å². The molecule has 1 N–H and O–H groups in total. The van der Waals surface area contributed by atoms with Gasteiger partial charge in [-0.05, 0) is 31.5 Å². The molecule has 7 nitrogen and oxygen atoms in total. The summed E-state index contributed by atoms with van der Waals surface area (Å²) in [5, 5.41) is 13.6. The van der Waals surface area contributed by atoms with Crippen LogP contribution in [0.25, 0.3) is 0 Å². The van der Waals surface area contributed by atoms with Gasteiger partial charge in [0.15, 0.2) is 0 Å². The second kappa shape index (κ2) is 7.29. The van der Waals surface area contributed by atoms with Crippen LogP contribution < -0.4 is 0 Å². The van der Waals surface area contributed by atoms with E-state index in [-0.39, 0.29) is 23.9 Å². The monoisotopic (exact) mass is 357 g/mol. The molecule has 1 aliphatic heterocycles. The van der Waals surface area contributed by atoms with Crippen LogP contribution in [0.2, 0.25) is 0 Å². The van der Waals surface area contributed by atoms with Crippen molar-refractivity contribution in [2.24, 2.45) is 7.05 Å². The number of aryl methyl sites for hydroxylation is 2. The van der Waals surface area contributed by atoms with E-state index in [1.165, 1.54) is 6.07 Å². The zero-order chi connectivity index (χ0) is 18.8. The van der Waals surface area contributed by atoms with Crippen LogP contribution in [0.3, 0.4) is 0 Å². The minimum atomic E-state index is -0.995. The maximum absolute atomic E-state index is 13.0. The van der Waals surface area contributed by atoms with Gasteiger partial charge in [0.25, 0.3) is 0 Å². The van der Waals surface area contributed by atoms with Gasteiger partial charge in [-0.2, -0.15) is 5.10 Å². The second-order valence-corrected chi connectivity index (χ2v) is 6.57. The highest BCUT2D eigenvalue weighted by Crippen LogP contribution is 2.29. The van der Waals surface area contributed by atoms with Crippen molar-refractivity contribution in [3.05, 3.63) is 52.3 Å². The van der Waals surface area contributed by atoms with Gasteiger partial charge in [0.2, 0.25) is 5.91 Å². The van der Waals surface area contributed by atoms with Crippen molar-refractivity contribution in [2.75, 3.05) is 19.8 Å². The van der Waals surface area contributed by atoms with E-state index in [4.69, 9.17) is 9.84 Å². The molecule has 0 saturated carbocycles. The molecule has 2 heterocycles. The minimum absolute atomic E-state index is 0.0384. The van der Waals surface area contributed by atoms with Crippen molar-refractivity contribution < 1.29 is 19.4 Å². The zero-order valence-electron chi connectivity index (χ0n) is 15.2. The predicted octanol–water partition coefficient (Wildman–Crippen LogP) is 1.88. The molecule has 2 aromatic rings. The molecule has 0 aliphatic carbocycles. The number of hydrogen-bond donors (Lipinski definition) is 1. The van der Waals surface area contributed by atoms with Crippen LogP contribution in [0.5, 0.6) is 0 Å². The molecule has 7 heteroatoms. The van der Waals surface area contributed by atoms with Gasteiger partial charge in [-0.15, -0.1) is 0 Å². The van der Waals surface area contributed by atoms with Crippen molar-refractivity contribution in [1.29, 1.82) is 0 Å². The van der Waals surface area contributed by atoms with Gasteiger partial charge < -0.3 is 14.7 Å². The Bertz CT molecular complexity index is 843. The summed E-state index contributed by atoms with van der Waals surface area (Å²) in [5.74, 6) is -1.03. The molecule has 1 fully saturated rings. The Morgan fingerprint density at radius 3 is 2.77 bits per heavy atom. The van der Waals surface area contributed by atoms with Crippen molar-refractivity contribution in [3.63, 3.8) is 0 Å². The lowest BCUT2D eigenvalue weighted by atomic mass is 10.0. The average molecular weight is 357 g/mol. The minimum Gasteiger partial charge on any atom is -0.478 e. The van der Waals surface area contributed by atoms with E-state index in [1.807, 2.05) is 30.5 Å². The first-order valence-corrected chi connectivity index (χ1v) is 8.58. The Balaban J connectivity index is 1.84. The highest BCUT2D eigenvalue weighted by Gasteiger charge is 2.32. The Kier molecular flexibility index (Phi) is 5.08. The molecule has 1 amide bonds. The SMILES string of the molecule is Cc1nn(C)c(C)c1C1COCCN1C(=O)Cc1cccc(C(=O)O)c1. The maximum atomic E-state index is 13.0. The molecule has 3 rings (SSSR count). The van der Waals surface area contributed by atoms with Gasteiger partial charge in [-0.1, -0.05) is 12.1 Å².